The summed E-state index contributed by atoms with van der Waals surface area (Å²) in [4.78, 5) is 17.5. The number of hydrogen-bond acceptors (Lipinski definition) is 4. The van der Waals surface area contributed by atoms with Gasteiger partial charge in [0, 0.05) is 32.7 Å². The molecule has 0 radical (unpaired) electrons. The van der Waals surface area contributed by atoms with Crippen LogP contribution in [0.3, 0.4) is 0 Å². The van der Waals surface area contributed by atoms with Crippen LogP contribution in [0.1, 0.15) is 30.9 Å². The predicted molar refractivity (Wildman–Crippen MR) is 117 cm³/mol. The summed E-state index contributed by atoms with van der Waals surface area (Å²) in [5.74, 6) is 1.25. The third-order valence-corrected chi connectivity index (χ3v) is 6.30. The molecule has 2 aromatic carbocycles. The number of nitrogens with zero attached hydrogens (tertiary/aromatic N) is 3. The lowest BCUT2D eigenvalue weighted by Crippen LogP contribution is -2.31. The summed E-state index contributed by atoms with van der Waals surface area (Å²) in [6, 6.07) is 12.9. The molecule has 8 heteroatoms. The minimum absolute atomic E-state index is 0.152. The number of benzene rings is 2. The first kappa shape index (κ1) is 18.9. The smallest absolute Gasteiger partial charge is 0.226 e. The molecule has 0 saturated heterocycles. The van der Waals surface area contributed by atoms with Gasteiger partial charge in [-0.2, -0.15) is 4.98 Å². The van der Waals surface area contributed by atoms with Crippen molar-refractivity contribution in [2.75, 3.05) is 5.32 Å². The van der Waals surface area contributed by atoms with Crippen molar-refractivity contribution in [3.8, 4) is 11.4 Å². The van der Waals surface area contributed by atoms with Gasteiger partial charge < -0.3 is 5.32 Å². The number of anilines is 1. The van der Waals surface area contributed by atoms with Gasteiger partial charge in [0.15, 0.2) is 11.6 Å². The third kappa shape index (κ3) is 3.29. The number of fused-ring (bicyclic) bond motifs is 1. The maximum Gasteiger partial charge on any atom is 0.226 e. The number of Topliss-reactive ketones (excluding diaryl/α,β-unsaturated/α-hetero) is 1. The maximum atomic E-state index is 12.9. The van der Waals surface area contributed by atoms with Crippen LogP contribution in [-0.2, 0) is 4.79 Å². The highest BCUT2D eigenvalue weighted by Crippen LogP contribution is 2.41. The highest BCUT2D eigenvalue weighted by atomic mass is 79.9. The number of carbonyl (C=O) groups excluding carboxylic acids is 1. The first-order valence-corrected chi connectivity index (χ1v) is 10.8. The Hall–Kier alpha value is -2.15. The Morgan fingerprint density at radius 1 is 1.10 bits per heavy atom. The molecule has 5 nitrogen and oxygen atoms in total. The van der Waals surface area contributed by atoms with Gasteiger partial charge in [0.2, 0.25) is 5.95 Å². The number of aromatic nitrogens is 3. The van der Waals surface area contributed by atoms with E-state index >= 15 is 0 Å². The van der Waals surface area contributed by atoms with E-state index in [1.807, 2.05) is 24.3 Å². The van der Waals surface area contributed by atoms with Crippen LogP contribution in [0.15, 0.2) is 58.2 Å². The summed E-state index contributed by atoms with van der Waals surface area (Å²) in [5.41, 5.74) is 3.38. The van der Waals surface area contributed by atoms with Crippen molar-refractivity contribution in [3.05, 3.63) is 73.8 Å². The molecule has 0 amide bonds. The number of carbonyl (C=O) groups is 1. The standard InChI is InChI=1S/C21H15BrCl2N4O/c22-12-6-4-11(5-7-12)19-18-16(2-1-3-17(18)29)25-21-26-20(27-28(19)21)14-9-8-13(23)10-15(14)24/h4-10,19H,1-3H2,(H,25,26,27). The van der Waals surface area contributed by atoms with Gasteiger partial charge >= 0.3 is 0 Å². The van der Waals surface area contributed by atoms with E-state index < -0.39 is 0 Å². The SMILES string of the molecule is O=C1CCCC2=C1C(c1ccc(Br)cc1)n1nc(-c3ccc(Cl)cc3Cl)nc1N2. The summed E-state index contributed by atoms with van der Waals surface area (Å²) in [6.45, 7) is 0. The Kier molecular flexibility index (Phi) is 4.73. The van der Waals surface area contributed by atoms with Crippen LogP contribution in [0.4, 0.5) is 5.95 Å². The lowest BCUT2D eigenvalue weighted by atomic mass is 9.85. The average Bonchev–Trinajstić information content (AvgIpc) is 3.10. The maximum absolute atomic E-state index is 12.9. The molecule has 146 valence electrons. The lowest BCUT2D eigenvalue weighted by Gasteiger charge is -2.32. The minimum Gasteiger partial charge on any atom is -0.328 e. The van der Waals surface area contributed by atoms with Gasteiger partial charge in [-0.3, -0.25) is 4.79 Å². The van der Waals surface area contributed by atoms with Crippen molar-refractivity contribution >= 4 is 50.9 Å². The molecule has 1 aromatic heterocycles. The molecular weight excluding hydrogens is 475 g/mol. The summed E-state index contributed by atoms with van der Waals surface area (Å²) in [5, 5.41) is 9.10. The van der Waals surface area contributed by atoms with Crippen LogP contribution < -0.4 is 5.32 Å². The fourth-order valence-electron chi connectivity index (χ4n) is 3.89. The van der Waals surface area contributed by atoms with E-state index in [1.165, 1.54) is 0 Å². The van der Waals surface area contributed by atoms with Gasteiger partial charge in [-0.15, -0.1) is 5.10 Å². The molecule has 29 heavy (non-hydrogen) atoms. The van der Waals surface area contributed by atoms with E-state index in [0.717, 1.165) is 34.1 Å². The molecule has 0 bridgehead atoms. The number of allylic oxidation sites excluding steroid dienone is 2. The molecule has 1 N–H and O–H groups in total. The van der Waals surface area contributed by atoms with Crippen LogP contribution in [0.25, 0.3) is 11.4 Å². The van der Waals surface area contributed by atoms with E-state index in [2.05, 4.69) is 26.2 Å². The second kappa shape index (κ2) is 7.27. The van der Waals surface area contributed by atoms with Crippen molar-refractivity contribution < 1.29 is 4.79 Å². The first-order chi connectivity index (χ1) is 14.0. The predicted octanol–water partition coefficient (Wildman–Crippen LogP) is 6.04. The van der Waals surface area contributed by atoms with Gasteiger partial charge in [-0.1, -0.05) is 51.3 Å². The topological polar surface area (TPSA) is 59.8 Å². The molecule has 0 saturated carbocycles. The molecular formula is C21H15BrCl2N4O. The van der Waals surface area contributed by atoms with Gasteiger partial charge in [0.1, 0.15) is 6.04 Å². The molecule has 5 rings (SSSR count). The summed E-state index contributed by atoms with van der Waals surface area (Å²) in [7, 11) is 0. The molecule has 0 spiro atoms. The molecule has 3 aromatic rings. The lowest BCUT2D eigenvalue weighted by molar-refractivity contribution is -0.116. The van der Waals surface area contributed by atoms with Crippen molar-refractivity contribution in [3.63, 3.8) is 0 Å². The largest absolute Gasteiger partial charge is 0.328 e. The average molecular weight is 490 g/mol. The van der Waals surface area contributed by atoms with Crippen LogP contribution in [-0.4, -0.2) is 20.5 Å². The second-order valence-electron chi connectivity index (χ2n) is 7.08. The Bertz CT molecular complexity index is 1170. The highest BCUT2D eigenvalue weighted by Gasteiger charge is 2.37. The molecule has 1 aliphatic heterocycles. The normalized spacial score (nSPS) is 18.3. The zero-order valence-electron chi connectivity index (χ0n) is 15.1. The number of ketones is 1. The van der Waals surface area contributed by atoms with E-state index in [1.54, 1.807) is 22.9 Å². The van der Waals surface area contributed by atoms with Crippen LogP contribution in [0, 0.1) is 0 Å². The molecule has 1 unspecified atom stereocenters. The molecule has 2 aliphatic rings. The van der Waals surface area contributed by atoms with Crippen molar-refractivity contribution in [2.45, 2.75) is 25.3 Å². The summed E-state index contributed by atoms with van der Waals surface area (Å²) in [6.07, 6.45) is 2.20. The molecule has 1 aliphatic carbocycles. The first-order valence-electron chi connectivity index (χ1n) is 9.22. The second-order valence-corrected chi connectivity index (χ2v) is 8.84. The molecule has 1 atom stereocenters. The van der Waals surface area contributed by atoms with Gasteiger partial charge in [0.25, 0.3) is 0 Å². The van der Waals surface area contributed by atoms with Crippen LogP contribution in [0.5, 0.6) is 0 Å². The molecule has 0 fully saturated rings. The van der Waals surface area contributed by atoms with E-state index in [-0.39, 0.29) is 11.8 Å². The van der Waals surface area contributed by atoms with Crippen molar-refractivity contribution in [1.29, 1.82) is 0 Å². The Morgan fingerprint density at radius 2 is 1.90 bits per heavy atom. The Labute approximate surface area is 185 Å². The molecule has 2 heterocycles. The highest BCUT2D eigenvalue weighted by molar-refractivity contribution is 9.10. The zero-order valence-corrected chi connectivity index (χ0v) is 18.2. The third-order valence-electron chi connectivity index (χ3n) is 5.23. The van der Waals surface area contributed by atoms with Crippen LogP contribution in [0.2, 0.25) is 10.0 Å². The van der Waals surface area contributed by atoms with Gasteiger partial charge in [-0.05, 0) is 48.7 Å². The van der Waals surface area contributed by atoms with E-state index in [0.29, 0.717) is 33.8 Å². The number of halogens is 3. The summed E-state index contributed by atoms with van der Waals surface area (Å²) < 4.78 is 2.76. The minimum atomic E-state index is -0.325. The number of hydrogen-bond donors (Lipinski definition) is 1. The van der Waals surface area contributed by atoms with Crippen molar-refractivity contribution in [1.82, 2.24) is 14.8 Å². The number of rotatable bonds is 2. The zero-order chi connectivity index (χ0) is 20.1. The number of nitrogens with one attached hydrogen (secondary N) is 1. The Morgan fingerprint density at radius 3 is 2.66 bits per heavy atom. The van der Waals surface area contributed by atoms with Gasteiger partial charge in [0.05, 0.1) is 5.02 Å². The fourth-order valence-corrected chi connectivity index (χ4v) is 4.65. The monoisotopic (exact) mass is 488 g/mol. The van der Waals surface area contributed by atoms with Crippen molar-refractivity contribution in [2.24, 2.45) is 0 Å². The fraction of sp³-hybridized carbons (Fsp3) is 0.190. The Balaban J connectivity index is 1.68. The van der Waals surface area contributed by atoms with Crippen LogP contribution >= 0.6 is 39.1 Å². The van der Waals surface area contributed by atoms with E-state index in [9.17, 15) is 4.79 Å². The van der Waals surface area contributed by atoms with Gasteiger partial charge in [-0.25, -0.2) is 4.68 Å². The van der Waals surface area contributed by atoms with E-state index in [4.69, 9.17) is 28.3 Å². The summed E-state index contributed by atoms with van der Waals surface area (Å²) >= 11 is 15.9. The quantitative estimate of drug-likeness (QED) is 0.477.